The minimum Gasteiger partial charge on any atom is -0.508 e. The predicted molar refractivity (Wildman–Crippen MR) is 92.2 cm³/mol. The number of nitrogens with zero attached hydrogens (tertiary/aromatic N) is 3. The molecule has 0 aliphatic carbocycles. The van der Waals surface area contributed by atoms with Gasteiger partial charge in [0.05, 0.1) is 0 Å². The van der Waals surface area contributed by atoms with E-state index in [0.29, 0.717) is 43.6 Å². The number of likely N-dealkylation sites (tertiary alicyclic amines) is 1. The summed E-state index contributed by atoms with van der Waals surface area (Å²) >= 11 is 0. The molecule has 7 heteroatoms. The van der Waals surface area contributed by atoms with Crippen molar-refractivity contribution in [1.82, 2.24) is 20.4 Å². The number of phenolic OH excluding ortho intramolecular Hbond substituents is 1. The van der Waals surface area contributed by atoms with Crippen LogP contribution in [-0.2, 0) is 12.8 Å². The lowest BCUT2D eigenvalue weighted by molar-refractivity contribution is 0.162. The highest BCUT2D eigenvalue weighted by Crippen LogP contribution is 2.20. The average molecular weight is 344 g/mol. The number of aryl methyl sites for hydroxylation is 1. The van der Waals surface area contributed by atoms with E-state index in [4.69, 9.17) is 4.52 Å². The Morgan fingerprint density at radius 3 is 3.12 bits per heavy atom. The molecule has 7 nitrogen and oxygen atoms in total. The Hall–Kier alpha value is -2.57. The van der Waals surface area contributed by atoms with Crippen LogP contribution in [-0.4, -0.2) is 45.8 Å². The second kappa shape index (κ2) is 8.00. The molecule has 1 fully saturated rings. The molecule has 0 spiro atoms. The quantitative estimate of drug-likeness (QED) is 0.868. The molecule has 1 atom stereocenters. The lowest BCUT2D eigenvalue weighted by Gasteiger charge is -2.32. The standard InChI is InChI=1S/C18H24N4O3/c1-13-20-17(25-21-13)11-15-5-3-9-22(12-15)18(24)19-8-7-14-4-2-6-16(23)10-14/h2,4,6,10,15,23H,3,5,7-9,11-12H2,1H3,(H,19,24). The monoisotopic (exact) mass is 344 g/mol. The average Bonchev–Trinajstić information content (AvgIpc) is 3.00. The molecule has 0 radical (unpaired) electrons. The molecular formula is C18H24N4O3. The van der Waals surface area contributed by atoms with Crippen molar-refractivity contribution in [1.29, 1.82) is 0 Å². The fraction of sp³-hybridized carbons (Fsp3) is 0.500. The lowest BCUT2D eigenvalue weighted by atomic mass is 9.95. The minimum atomic E-state index is -0.0356. The largest absolute Gasteiger partial charge is 0.508 e. The molecule has 0 saturated carbocycles. The number of piperidine rings is 1. The summed E-state index contributed by atoms with van der Waals surface area (Å²) in [5.41, 5.74) is 1.00. The number of phenols is 1. The van der Waals surface area contributed by atoms with Crippen LogP contribution in [0, 0.1) is 12.8 Å². The Bertz CT molecular complexity index is 716. The number of urea groups is 1. The highest BCUT2D eigenvalue weighted by molar-refractivity contribution is 5.74. The van der Waals surface area contributed by atoms with Crippen molar-refractivity contribution in [2.45, 2.75) is 32.6 Å². The van der Waals surface area contributed by atoms with Gasteiger partial charge in [-0.3, -0.25) is 0 Å². The van der Waals surface area contributed by atoms with Crippen LogP contribution in [0.15, 0.2) is 28.8 Å². The molecule has 1 unspecified atom stereocenters. The zero-order chi connectivity index (χ0) is 17.6. The van der Waals surface area contributed by atoms with Gasteiger partial charge < -0.3 is 19.8 Å². The molecule has 25 heavy (non-hydrogen) atoms. The summed E-state index contributed by atoms with van der Waals surface area (Å²) in [4.78, 5) is 18.5. The normalized spacial score (nSPS) is 17.5. The molecule has 1 aromatic heterocycles. The maximum atomic E-state index is 12.4. The lowest BCUT2D eigenvalue weighted by Crippen LogP contribution is -2.46. The van der Waals surface area contributed by atoms with E-state index in [1.54, 1.807) is 25.1 Å². The van der Waals surface area contributed by atoms with Crippen molar-refractivity contribution in [3.05, 3.63) is 41.5 Å². The Balaban J connectivity index is 1.45. The Labute approximate surface area is 147 Å². The van der Waals surface area contributed by atoms with Crippen LogP contribution < -0.4 is 5.32 Å². The van der Waals surface area contributed by atoms with E-state index < -0.39 is 0 Å². The van der Waals surface area contributed by atoms with Crippen molar-refractivity contribution < 1.29 is 14.4 Å². The predicted octanol–water partition coefficient (Wildman–Crippen LogP) is 2.29. The van der Waals surface area contributed by atoms with E-state index >= 15 is 0 Å². The van der Waals surface area contributed by atoms with Gasteiger partial charge in [0.15, 0.2) is 5.82 Å². The first-order valence-electron chi connectivity index (χ1n) is 8.70. The van der Waals surface area contributed by atoms with Crippen LogP contribution in [0.4, 0.5) is 4.79 Å². The van der Waals surface area contributed by atoms with Crippen molar-refractivity contribution >= 4 is 6.03 Å². The first kappa shape index (κ1) is 17.3. The Morgan fingerprint density at radius 2 is 2.36 bits per heavy atom. The number of aromatic hydroxyl groups is 1. The summed E-state index contributed by atoms with van der Waals surface area (Å²) < 4.78 is 5.19. The van der Waals surface area contributed by atoms with Gasteiger partial charge in [0, 0.05) is 26.1 Å². The van der Waals surface area contributed by atoms with Crippen LogP contribution in [0.2, 0.25) is 0 Å². The number of hydrogen-bond acceptors (Lipinski definition) is 5. The van der Waals surface area contributed by atoms with Gasteiger partial charge in [-0.05, 0) is 49.8 Å². The smallest absolute Gasteiger partial charge is 0.317 e. The molecule has 3 rings (SSSR count). The van der Waals surface area contributed by atoms with Crippen molar-refractivity contribution in [2.24, 2.45) is 5.92 Å². The van der Waals surface area contributed by atoms with Crippen LogP contribution >= 0.6 is 0 Å². The van der Waals surface area contributed by atoms with E-state index in [9.17, 15) is 9.90 Å². The number of carbonyl (C=O) groups excluding carboxylic acids is 1. The molecule has 2 heterocycles. The Kier molecular flexibility index (Phi) is 5.53. The third kappa shape index (κ3) is 4.95. The fourth-order valence-corrected chi connectivity index (χ4v) is 3.22. The van der Waals surface area contributed by atoms with Gasteiger partial charge >= 0.3 is 6.03 Å². The summed E-state index contributed by atoms with van der Waals surface area (Å²) in [5.74, 6) is 1.89. The van der Waals surface area contributed by atoms with Gasteiger partial charge in [0.2, 0.25) is 5.89 Å². The molecule has 1 saturated heterocycles. The maximum Gasteiger partial charge on any atom is 0.317 e. The Morgan fingerprint density at radius 1 is 1.48 bits per heavy atom. The van der Waals surface area contributed by atoms with Gasteiger partial charge in [-0.2, -0.15) is 4.98 Å². The first-order valence-corrected chi connectivity index (χ1v) is 8.70. The molecule has 0 bridgehead atoms. The fourth-order valence-electron chi connectivity index (χ4n) is 3.22. The van der Waals surface area contributed by atoms with Gasteiger partial charge in [-0.1, -0.05) is 17.3 Å². The zero-order valence-corrected chi connectivity index (χ0v) is 14.4. The first-order chi connectivity index (χ1) is 12.1. The van der Waals surface area contributed by atoms with E-state index in [1.807, 2.05) is 11.0 Å². The van der Waals surface area contributed by atoms with Gasteiger partial charge in [0.1, 0.15) is 5.75 Å². The summed E-state index contributed by atoms with van der Waals surface area (Å²) in [6, 6.07) is 7.07. The van der Waals surface area contributed by atoms with Gasteiger partial charge in [0.25, 0.3) is 0 Å². The number of hydrogen-bond donors (Lipinski definition) is 2. The number of aromatic nitrogens is 2. The van der Waals surface area contributed by atoms with E-state index in [-0.39, 0.29) is 11.8 Å². The van der Waals surface area contributed by atoms with E-state index in [2.05, 4.69) is 15.5 Å². The summed E-state index contributed by atoms with van der Waals surface area (Å²) in [6.45, 7) is 3.84. The van der Waals surface area contributed by atoms with Crippen LogP contribution in [0.5, 0.6) is 5.75 Å². The van der Waals surface area contributed by atoms with Gasteiger partial charge in [-0.25, -0.2) is 4.79 Å². The molecule has 2 amide bonds. The molecule has 2 aromatic rings. The van der Waals surface area contributed by atoms with Crippen molar-refractivity contribution in [3.8, 4) is 5.75 Å². The number of benzene rings is 1. The van der Waals surface area contributed by atoms with Crippen LogP contribution in [0.1, 0.15) is 30.1 Å². The topological polar surface area (TPSA) is 91.5 Å². The number of rotatable bonds is 5. The zero-order valence-electron chi connectivity index (χ0n) is 14.4. The molecule has 1 aromatic carbocycles. The van der Waals surface area contributed by atoms with Crippen molar-refractivity contribution in [3.63, 3.8) is 0 Å². The summed E-state index contributed by atoms with van der Waals surface area (Å²) in [5, 5.41) is 16.2. The van der Waals surface area contributed by atoms with Crippen molar-refractivity contribution in [2.75, 3.05) is 19.6 Å². The number of carbonyl (C=O) groups is 1. The summed E-state index contributed by atoms with van der Waals surface area (Å²) in [6.07, 6.45) is 3.46. The van der Waals surface area contributed by atoms with Crippen LogP contribution in [0.25, 0.3) is 0 Å². The third-order valence-electron chi connectivity index (χ3n) is 4.44. The SMILES string of the molecule is Cc1noc(CC2CCCN(C(=O)NCCc3cccc(O)c3)C2)n1. The third-order valence-corrected chi connectivity index (χ3v) is 4.44. The highest BCUT2D eigenvalue weighted by Gasteiger charge is 2.25. The highest BCUT2D eigenvalue weighted by atomic mass is 16.5. The second-order valence-corrected chi connectivity index (χ2v) is 6.55. The summed E-state index contributed by atoms with van der Waals surface area (Å²) in [7, 11) is 0. The molecule has 2 N–H and O–H groups in total. The molecule has 1 aliphatic heterocycles. The van der Waals surface area contributed by atoms with E-state index in [0.717, 1.165) is 24.9 Å². The number of nitrogens with one attached hydrogen (secondary N) is 1. The minimum absolute atomic E-state index is 0.0356. The molecular weight excluding hydrogens is 320 g/mol. The second-order valence-electron chi connectivity index (χ2n) is 6.55. The van der Waals surface area contributed by atoms with E-state index in [1.165, 1.54) is 0 Å². The maximum absolute atomic E-state index is 12.4. The molecule has 1 aliphatic rings. The number of amides is 2. The van der Waals surface area contributed by atoms with Crippen LogP contribution in [0.3, 0.4) is 0 Å². The molecule has 134 valence electrons. The van der Waals surface area contributed by atoms with Gasteiger partial charge in [-0.15, -0.1) is 0 Å².